The van der Waals surface area contributed by atoms with E-state index in [-0.39, 0.29) is 11.5 Å². The van der Waals surface area contributed by atoms with E-state index in [2.05, 4.69) is 6.58 Å². The van der Waals surface area contributed by atoms with E-state index in [0.717, 1.165) is 68.1 Å². The lowest BCUT2D eigenvalue weighted by atomic mass is 10.0. The predicted molar refractivity (Wildman–Crippen MR) is 124 cm³/mol. The third-order valence-electron chi connectivity index (χ3n) is 6.19. The summed E-state index contributed by atoms with van der Waals surface area (Å²) >= 11 is 1.61. The van der Waals surface area contributed by atoms with E-state index in [1.165, 1.54) is 11.3 Å². The number of thiazole rings is 1. The van der Waals surface area contributed by atoms with Gasteiger partial charge in [-0.3, -0.25) is 19.1 Å². The van der Waals surface area contributed by atoms with Crippen LogP contribution in [-0.4, -0.2) is 27.0 Å². The Morgan fingerprint density at radius 2 is 1.97 bits per heavy atom. The van der Waals surface area contributed by atoms with E-state index in [1.807, 2.05) is 0 Å². The molecule has 6 nitrogen and oxygen atoms in total. The van der Waals surface area contributed by atoms with Crippen LogP contribution in [0.4, 0.5) is 5.13 Å². The molecule has 3 heterocycles. The average molecular weight is 435 g/mol. The molecule has 3 aromatic rings. The third kappa shape index (κ3) is 3.71. The van der Waals surface area contributed by atoms with Gasteiger partial charge in [-0.25, -0.2) is 9.97 Å². The minimum atomic E-state index is -0.134. The summed E-state index contributed by atoms with van der Waals surface area (Å²) in [4.78, 5) is 39.0. The van der Waals surface area contributed by atoms with Crippen LogP contribution in [0.15, 0.2) is 35.6 Å². The molecule has 1 aromatic carbocycles. The quantitative estimate of drug-likeness (QED) is 0.575. The van der Waals surface area contributed by atoms with Gasteiger partial charge in [0.05, 0.1) is 16.6 Å². The number of hydrogen-bond acceptors (Lipinski definition) is 5. The maximum atomic E-state index is 13.5. The van der Waals surface area contributed by atoms with Crippen molar-refractivity contribution < 1.29 is 4.79 Å². The first-order valence-electron chi connectivity index (χ1n) is 11.1. The lowest BCUT2D eigenvalue weighted by Crippen LogP contribution is -2.31. The van der Waals surface area contributed by atoms with Crippen molar-refractivity contribution in [2.24, 2.45) is 0 Å². The van der Waals surface area contributed by atoms with Crippen LogP contribution in [0.25, 0.3) is 10.9 Å². The summed E-state index contributed by atoms with van der Waals surface area (Å²) in [6.45, 7) is 4.94. The second kappa shape index (κ2) is 8.38. The van der Waals surface area contributed by atoms with Gasteiger partial charge in [-0.2, -0.15) is 0 Å². The number of aryl methyl sites for hydroxylation is 3. The molecule has 5 rings (SSSR count). The molecular weight excluding hydrogens is 408 g/mol. The monoisotopic (exact) mass is 434 g/mol. The highest BCUT2D eigenvalue weighted by Crippen LogP contribution is 2.32. The second-order valence-electron chi connectivity index (χ2n) is 8.31. The van der Waals surface area contributed by atoms with Crippen LogP contribution in [0.3, 0.4) is 0 Å². The third-order valence-corrected chi connectivity index (χ3v) is 7.37. The number of rotatable bonds is 4. The Morgan fingerprint density at radius 1 is 1.13 bits per heavy atom. The SMILES string of the molecule is C=CCN(C(=O)c1ccc2c(=O)n3c(nc2c1)CCCCC3)c1nc2c(s1)CCCC2. The van der Waals surface area contributed by atoms with E-state index in [4.69, 9.17) is 9.97 Å². The van der Waals surface area contributed by atoms with Gasteiger partial charge in [0.25, 0.3) is 11.5 Å². The summed E-state index contributed by atoms with van der Waals surface area (Å²) in [6, 6.07) is 5.24. The molecule has 160 valence electrons. The summed E-state index contributed by atoms with van der Waals surface area (Å²) in [6.07, 6.45) is 10.0. The number of aromatic nitrogens is 3. The van der Waals surface area contributed by atoms with E-state index < -0.39 is 0 Å². The molecule has 0 radical (unpaired) electrons. The standard InChI is InChI=1S/C24H26N4O2S/c1-2-13-28(24-26-18-8-5-6-9-20(18)31-24)22(29)16-11-12-17-19(15-16)25-21-10-4-3-7-14-27(21)23(17)30/h2,11-12,15H,1,3-10,13-14H2. The Labute approximate surface area is 185 Å². The van der Waals surface area contributed by atoms with Crippen molar-refractivity contribution in [3.05, 3.63) is 63.2 Å². The highest BCUT2D eigenvalue weighted by atomic mass is 32.1. The molecule has 0 saturated heterocycles. The Kier molecular flexibility index (Phi) is 5.44. The first-order chi connectivity index (χ1) is 15.2. The Morgan fingerprint density at radius 3 is 2.81 bits per heavy atom. The van der Waals surface area contributed by atoms with Gasteiger partial charge in [0.15, 0.2) is 5.13 Å². The van der Waals surface area contributed by atoms with Gasteiger partial charge in [0.1, 0.15) is 5.82 Å². The van der Waals surface area contributed by atoms with Gasteiger partial charge in [-0.05, 0) is 56.7 Å². The van der Waals surface area contributed by atoms with Crippen LogP contribution in [0, 0.1) is 0 Å². The normalized spacial score (nSPS) is 15.7. The summed E-state index contributed by atoms with van der Waals surface area (Å²) in [5.74, 6) is 0.694. The molecule has 0 bridgehead atoms. The van der Waals surface area contributed by atoms with Crippen LogP contribution >= 0.6 is 11.3 Å². The number of hydrogen-bond donors (Lipinski definition) is 0. The molecule has 2 aliphatic rings. The predicted octanol–water partition coefficient (Wildman–Crippen LogP) is 4.29. The molecule has 1 aliphatic heterocycles. The zero-order chi connectivity index (χ0) is 21.4. The van der Waals surface area contributed by atoms with E-state index in [1.54, 1.807) is 45.1 Å². The highest BCUT2D eigenvalue weighted by Gasteiger charge is 2.24. The number of amides is 1. The van der Waals surface area contributed by atoms with Crippen molar-refractivity contribution in [1.82, 2.24) is 14.5 Å². The van der Waals surface area contributed by atoms with Gasteiger partial charge < -0.3 is 0 Å². The fraction of sp³-hybridized carbons (Fsp3) is 0.417. The summed E-state index contributed by atoms with van der Waals surface area (Å²) in [7, 11) is 0. The van der Waals surface area contributed by atoms with Gasteiger partial charge in [-0.15, -0.1) is 17.9 Å². The zero-order valence-corrected chi connectivity index (χ0v) is 18.4. The highest BCUT2D eigenvalue weighted by molar-refractivity contribution is 7.16. The van der Waals surface area contributed by atoms with Gasteiger partial charge in [-0.1, -0.05) is 12.5 Å². The molecule has 2 aromatic heterocycles. The first kappa shape index (κ1) is 20.1. The molecule has 0 fully saturated rings. The number of anilines is 1. The fourth-order valence-electron chi connectivity index (χ4n) is 4.54. The Hall–Kier alpha value is -2.80. The van der Waals surface area contributed by atoms with Gasteiger partial charge in [0.2, 0.25) is 0 Å². The van der Waals surface area contributed by atoms with Gasteiger partial charge >= 0.3 is 0 Å². The van der Waals surface area contributed by atoms with E-state index >= 15 is 0 Å². The summed E-state index contributed by atoms with van der Waals surface area (Å²) in [5, 5.41) is 1.30. The molecule has 31 heavy (non-hydrogen) atoms. The number of fused-ring (bicyclic) bond motifs is 3. The maximum Gasteiger partial charge on any atom is 0.261 e. The fourth-order valence-corrected chi connectivity index (χ4v) is 5.69. The number of carbonyl (C=O) groups is 1. The lowest BCUT2D eigenvalue weighted by molar-refractivity contribution is 0.0989. The number of nitrogens with zero attached hydrogens (tertiary/aromatic N) is 4. The molecule has 0 atom stereocenters. The maximum absolute atomic E-state index is 13.5. The smallest absolute Gasteiger partial charge is 0.261 e. The number of carbonyl (C=O) groups excluding carboxylic acids is 1. The van der Waals surface area contributed by atoms with Crippen LogP contribution < -0.4 is 10.5 Å². The molecule has 1 amide bonds. The first-order valence-corrected chi connectivity index (χ1v) is 11.9. The largest absolute Gasteiger partial charge is 0.296 e. The molecule has 7 heteroatoms. The molecular formula is C24H26N4O2S. The summed E-state index contributed by atoms with van der Waals surface area (Å²) < 4.78 is 1.81. The van der Waals surface area contributed by atoms with Crippen LogP contribution in [0.1, 0.15) is 58.9 Å². The van der Waals surface area contributed by atoms with Crippen LogP contribution in [-0.2, 0) is 25.8 Å². The van der Waals surface area contributed by atoms with E-state index in [0.29, 0.717) is 23.0 Å². The second-order valence-corrected chi connectivity index (χ2v) is 9.37. The average Bonchev–Trinajstić information content (AvgIpc) is 3.07. The van der Waals surface area contributed by atoms with Crippen molar-refractivity contribution in [2.75, 3.05) is 11.4 Å². The van der Waals surface area contributed by atoms with Crippen molar-refractivity contribution >= 4 is 33.3 Å². The Bertz CT molecular complexity index is 1200. The summed E-state index contributed by atoms with van der Waals surface area (Å²) in [5.41, 5.74) is 2.24. The minimum Gasteiger partial charge on any atom is -0.296 e. The van der Waals surface area contributed by atoms with Crippen molar-refractivity contribution in [2.45, 2.75) is 57.9 Å². The van der Waals surface area contributed by atoms with Crippen molar-refractivity contribution in [3.63, 3.8) is 0 Å². The van der Waals surface area contributed by atoms with Crippen molar-refractivity contribution in [3.8, 4) is 0 Å². The topological polar surface area (TPSA) is 68.1 Å². The minimum absolute atomic E-state index is 0.00329. The lowest BCUT2D eigenvalue weighted by Gasteiger charge is -2.18. The van der Waals surface area contributed by atoms with Crippen LogP contribution in [0.2, 0.25) is 0 Å². The zero-order valence-electron chi connectivity index (χ0n) is 17.6. The van der Waals surface area contributed by atoms with Crippen LogP contribution in [0.5, 0.6) is 0 Å². The molecule has 0 unspecified atom stereocenters. The molecule has 0 spiro atoms. The molecule has 1 aliphatic carbocycles. The number of benzene rings is 1. The molecule has 0 N–H and O–H groups in total. The van der Waals surface area contributed by atoms with Crippen molar-refractivity contribution in [1.29, 1.82) is 0 Å². The van der Waals surface area contributed by atoms with E-state index in [9.17, 15) is 9.59 Å². The Balaban J connectivity index is 1.53. The van der Waals surface area contributed by atoms with Gasteiger partial charge in [0, 0.05) is 30.0 Å². The molecule has 0 saturated carbocycles.